The summed E-state index contributed by atoms with van der Waals surface area (Å²) >= 11 is 5.11. The third kappa shape index (κ3) is 1.38. The maximum atomic E-state index is 5.80. The number of nitrogens with zero attached hydrogens (tertiary/aromatic N) is 2. The molecule has 5 heteroatoms. The molecule has 0 bridgehead atoms. The number of thiophene rings is 1. The highest BCUT2D eigenvalue weighted by atomic mass is 79.9. The molecule has 0 amide bonds. The number of nitrogens with two attached hydrogens (primary N) is 1. The molecule has 0 aliphatic carbocycles. The first-order chi connectivity index (χ1) is 6.20. The van der Waals surface area contributed by atoms with Crippen molar-refractivity contribution in [2.75, 3.05) is 5.73 Å². The van der Waals surface area contributed by atoms with Gasteiger partial charge in [-0.05, 0) is 15.9 Å². The Balaban J connectivity index is 2.64. The first-order valence-corrected chi connectivity index (χ1v) is 5.43. The van der Waals surface area contributed by atoms with Crippen molar-refractivity contribution in [1.82, 2.24) is 9.78 Å². The van der Waals surface area contributed by atoms with Crippen LogP contribution in [-0.2, 0) is 7.05 Å². The van der Waals surface area contributed by atoms with Crippen LogP contribution in [0.2, 0.25) is 0 Å². The minimum atomic E-state index is 0.710. The lowest BCUT2D eigenvalue weighted by Gasteiger charge is -2.01. The second-order valence-corrected chi connectivity index (χ2v) is 4.30. The van der Waals surface area contributed by atoms with E-state index in [0.29, 0.717) is 5.69 Å². The third-order valence-corrected chi connectivity index (χ3v) is 3.54. The number of halogens is 1. The lowest BCUT2D eigenvalue weighted by atomic mass is 10.2. The molecule has 0 aliphatic heterocycles. The number of aryl methyl sites for hydroxylation is 1. The van der Waals surface area contributed by atoms with Crippen LogP contribution in [0.4, 0.5) is 5.69 Å². The van der Waals surface area contributed by atoms with Gasteiger partial charge in [-0.15, -0.1) is 0 Å². The molecular formula is C8H8BrN3S. The topological polar surface area (TPSA) is 43.8 Å². The number of rotatable bonds is 1. The zero-order valence-corrected chi connectivity index (χ0v) is 9.39. The fourth-order valence-corrected chi connectivity index (χ4v) is 2.70. The van der Waals surface area contributed by atoms with Crippen LogP contribution in [0.3, 0.4) is 0 Å². The fourth-order valence-electron chi connectivity index (χ4n) is 1.23. The Hall–Kier alpha value is -0.810. The molecule has 0 fully saturated rings. The number of aromatic nitrogens is 2. The van der Waals surface area contributed by atoms with Gasteiger partial charge < -0.3 is 5.73 Å². The van der Waals surface area contributed by atoms with E-state index in [2.05, 4.69) is 26.4 Å². The van der Waals surface area contributed by atoms with E-state index in [1.807, 2.05) is 12.4 Å². The van der Waals surface area contributed by atoms with E-state index in [1.165, 1.54) is 0 Å². The first kappa shape index (κ1) is 8.77. The summed E-state index contributed by atoms with van der Waals surface area (Å²) < 4.78 is 2.84. The van der Waals surface area contributed by atoms with Crippen LogP contribution in [0.25, 0.3) is 11.3 Å². The van der Waals surface area contributed by atoms with Crippen molar-refractivity contribution < 1.29 is 0 Å². The summed E-state index contributed by atoms with van der Waals surface area (Å²) in [5.41, 5.74) is 8.58. The average molecular weight is 258 g/mol. The Morgan fingerprint density at radius 3 is 2.77 bits per heavy atom. The molecule has 3 nitrogen and oxygen atoms in total. The number of nitrogen functional groups attached to an aromatic ring is 1. The number of hydrogen-bond acceptors (Lipinski definition) is 3. The van der Waals surface area contributed by atoms with Gasteiger partial charge in [-0.25, -0.2) is 0 Å². The Morgan fingerprint density at radius 2 is 2.31 bits per heavy atom. The predicted octanol–water partition coefficient (Wildman–Crippen LogP) is 2.49. The van der Waals surface area contributed by atoms with Gasteiger partial charge in [-0.3, -0.25) is 4.68 Å². The van der Waals surface area contributed by atoms with Gasteiger partial charge in [0, 0.05) is 27.8 Å². The van der Waals surface area contributed by atoms with Gasteiger partial charge in [0.2, 0.25) is 0 Å². The van der Waals surface area contributed by atoms with E-state index < -0.39 is 0 Å². The molecule has 2 heterocycles. The Labute approximate surface area is 88.3 Å². The summed E-state index contributed by atoms with van der Waals surface area (Å²) in [6.45, 7) is 0. The summed E-state index contributed by atoms with van der Waals surface area (Å²) in [6.07, 6.45) is 1.67. The normalized spacial score (nSPS) is 10.6. The van der Waals surface area contributed by atoms with E-state index in [-0.39, 0.29) is 0 Å². The molecule has 2 aromatic rings. The van der Waals surface area contributed by atoms with Gasteiger partial charge in [0.05, 0.1) is 17.6 Å². The van der Waals surface area contributed by atoms with Crippen molar-refractivity contribution in [3.63, 3.8) is 0 Å². The van der Waals surface area contributed by atoms with Gasteiger partial charge in [-0.2, -0.15) is 16.4 Å². The highest BCUT2D eigenvalue weighted by Crippen LogP contribution is 2.34. The van der Waals surface area contributed by atoms with Crippen molar-refractivity contribution in [2.24, 2.45) is 7.05 Å². The molecule has 0 unspecified atom stereocenters. The van der Waals surface area contributed by atoms with E-state index >= 15 is 0 Å². The first-order valence-electron chi connectivity index (χ1n) is 3.69. The van der Waals surface area contributed by atoms with Crippen LogP contribution < -0.4 is 5.73 Å². The van der Waals surface area contributed by atoms with E-state index in [9.17, 15) is 0 Å². The van der Waals surface area contributed by atoms with Crippen molar-refractivity contribution >= 4 is 33.0 Å². The minimum absolute atomic E-state index is 0.710. The number of anilines is 1. The van der Waals surface area contributed by atoms with E-state index in [0.717, 1.165) is 15.7 Å². The largest absolute Gasteiger partial charge is 0.396 e. The fraction of sp³-hybridized carbons (Fsp3) is 0.125. The highest BCUT2D eigenvalue weighted by Gasteiger charge is 2.11. The Kier molecular flexibility index (Phi) is 2.13. The lowest BCUT2D eigenvalue weighted by molar-refractivity contribution is 0.776. The Bertz CT molecular complexity index is 413. The standard InChI is InChI=1S/C8H8BrN3S/c1-12-8(7(10)2-11-12)5-3-13-4-6(5)9/h2-4H,10H2,1H3. The van der Waals surface area contributed by atoms with Crippen LogP contribution in [0.5, 0.6) is 0 Å². The maximum Gasteiger partial charge on any atom is 0.0928 e. The molecule has 0 spiro atoms. The van der Waals surface area contributed by atoms with Crippen LogP contribution in [0, 0.1) is 0 Å². The summed E-state index contributed by atoms with van der Waals surface area (Å²) in [7, 11) is 1.88. The molecule has 2 N–H and O–H groups in total. The zero-order valence-electron chi connectivity index (χ0n) is 6.99. The predicted molar refractivity (Wildman–Crippen MR) is 58.6 cm³/mol. The summed E-state index contributed by atoms with van der Waals surface area (Å²) in [4.78, 5) is 0. The molecule has 2 rings (SSSR count). The van der Waals surface area contributed by atoms with E-state index in [1.54, 1.807) is 22.2 Å². The van der Waals surface area contributed by atoms with Crippen LogP contribution >= 0.6 is 27.3 Å². The van der Waals surface area contributed by atoms with Crippen molar-refractivity contribution in [3.8, 4) is 11.3 Å². The minimum Gasteiger partial charge on any atom is -0.396 e. The van der Waals surface area contributed by atoms with E-state index in [4.69, 9.17) is 5.73 Å². The molecule has 0 aromatic carbocycles. The molecular weight excluding hydrogens is 250 g/mol. The zero-order chi connectivity index (χ0) is 9.42. The summed E-state index contributed by atoms with van der Waals surface area (Å²) in [5, 5.41) is 8.17. The molecule has 68 valence electrons. The molecule has 2 aromatic heterocycles. The molecule has 0 saturated heterocycles. The molecule has 0 radical (unpaired) electrons. The van der Waals surface area contributed by atoms with Gasteiger partial charge >= 0.3 is 0 Å². The second kappa shape index (κ2) is 3.16. The van der Waals surface area contributed by atoms with Gasteiger partial charge in [0.15, 0.2) is 0 Å². The van der Waals surface area contributed by atoms with Gasteiger partial charge in [-0.1, -0.05) is 0 Å². The maximum absolute atomic E-state index is 5.80. The molecule has 13 heavy (non-hydrogen) atoms. The highest BCUT2D eigenvalue weighted by molar-refractivity contribution is 9.10. The van der Waals surface area contributed by atoms with Crippen molar-refractivity contribution in [3.05, 3.63) is 21.4 Å². The SMILES string of the molecule is Cn1ncc(N)c1-c1cscc1Br. The molecule has 0 saturated carbocycles. The monoisotopic (exact) mass is 257 g/mol. The van der Waals surface area contributed by atoms with Crippen LogP contribution in [-0.4, -0.2) is 9.78 Å². The number of hydrogen-bond donors (Lipinski definition) is 1. The summed E-state index contributed by atoms with van der Waals surface area (Å²) in [6, 6.07) is 0. The quantitative estimate of drug-likeness (QED) is 0.854. The smallest absolute Gasteiger partial charge is 0.0928 e. The van der Waals surface area contributed by atoms with Crippen molar-refractivity contribution in [1.29, 1.82) is 0 Å². The summed E-state index contributed by atoms with van der Waals surface area (Å²) in [5.74, 6) is 0. The molecule has 0 atom stereocenters. The van der Waals surface area contributed by atoms with Crippen LogP contribution in [0.1, 0.15) is 0 Å². The van der Waals surface area contributed by atoms with Crippen molar-refractivity contribution in [2.45, 2.75) is 0 Å². The average Bonchev–Trinajstić information content (AvgIpc) is 2.60. The Morgan fingerprint density at radius 1 is 1.54 bits per heavy atom. The lowest BCUT2D eigenvalue weighted by Crippen LogP contribution is -1.94. The van der Waals surface area contributed by atoms with Gasteiger partial charge in [0.25, 0.3) is 0 Å². The third-order valence-electron chi connectivity index (χ3n) is 1.84. The molecule has 0 aliphatic rings. The van der Waals surface area contributed by atoms with Gasteiger partial charge in [0.1, 0.15) is 0 Å². The second-order valence-electron chi connectivity index (χ2n) is 2.71. The van der Waals surface area contributed by atoms with Crippen LogP contribution in [0.15, 0.2) is 21.4 Å².